The van der Waals surface area contributed by atoms with Crippen LogP contribution in [0.25, 0.3) is 0 Å². The summed E-state index contributed by atoms with van der Waals surface area (Å²) < 4.78 is 5.88. The van der Waals surface area contributed by atoms with E-state index in [2.05, 4.69) is 19.1 Å². The predicted octanol–water partition coefficient (Wildman–Crippen LogP) is 3.22. The molecule has 0 fully saturated rings. The van der Waals surface area contributed by atoms with Crippen LogP contribution in [-0.2, 0) is 14.3 Å². The summed E-state index contributed by atoms with van der Waals surface area (Å²) in [4.78, 5) is 22.8. The van der Waals surface area contributed by atoms with Gasteiger partial charge in [0.15, 0.2) is 6.10 Å². The normalized spacial score (nSPS) is 13.1. The van der Waals surface area contributed by atoms with E-state index >= 15 is 0 Å². The fourth-order valence-corrected chi connectivity index (χ4v) is 2.80. The number of hydrogen-bond acceptors (Lipinski definition) is 4. The van der Waals surface area contributed by atoms with Crippen molar-refractivity contribution in [3.8, 4) is 0 Å². The highest BCUT2D eigenvalue weighted by Crippen LogP contribution is 2.11. The first kappa shape index (κ1) is 24.6. The number of rotatable bonds is 16. The molecule has 0 saturated carbocycles. The molecule has 0 spiro atoms. The lowest BCUT2D eigenvalue weighted by atomic mass is 10.1. The fourth-order valence-electron chi connectivity index (χ4n) is 2.80. The number of ether oxygens (including phenoxy) is 1. The van der Waals surface area contributed by atoms with Gasteiger partial charge >= 0.3 is 5.97 Å². The number of carbonyl (C=O) groups excluding carboxylic acids is 2. The molecule has 0 aromatic carbocycles. The van der Waals surface area contributed by atoms with Crippen molar-refractivity contribution in [2.24, 2.45) is 0 Å². The number of carboxylic acids is 1. The van der Waals surface area contributed by atoms with Crippen LogP contribution in [-0.4, -0.2) is 50.2 Å². The number of quaternary nitrogens is 1. The molecule has 0 saturated heterocycles. The molecule has 26 heavy (non-hydrogen) atoms. The highest BCUT2D eigenvalue weighted by molar-refractivity contribution is 5.70. The quantitative estimate of drug-likeness (QED) is 0.181. The van der Waals surface area contributed by atoms with Gasteiger partial charge in [-0.1, -0.05) is 51.2 Å². The van der Waals surface area contributed by atoms with Crippen LogP contribution in [0.3, 0.4) is 0 Å². The third-order valence-electron chi connectivity index (χ3n) is 4.09. The van der Waals surface area contributed by atoms with Gasteiger partial charge in [-0.25, -0.2) is 0 Å². The Morgan fingerprint density at radius 2 is 1.54 bits per heavy atom. The van der Waals surface area contributed by atoms with Gasteiger partial charge in [-0.3, -0.25) is 4.79 Å². The summed E-state index contributed by atoms with van der Waals surface area (Å²) in [5.41, 5.74) is 0. The molecule has 0 bridgehead atoms. The van der Waals surface area contributed by atoms with E-state index in [9.17, 15) is 14.7 Å². The Morgan fingerprint density at radius 1 is 0.962 bits per heavy atom. The topological polar surface area (TPSA) is 66.4 Å². The average Bonchev–Trinajstić information content (AvgIpc) is 2.50. The van der Waals surface area contributed by atoms with Crippen molar-refractivity contribution >= 4 is 11.9 Å². The Hall–Kier alpha value is -1.36. The third-order valence-corrected chi connectivity index (χ3v) is 4.09. The second-order valence-corrected chi connectivity index (χ2v) is 8.08. The first-order chi connectivity index (χ1) is 12.2. The Bertz CT molecular complexity index is 413. The number of likely N-dealkylation sites (N-methyl/N-ethyl adjacent to an activating group) is 1. The highest BCUT2D eigenvalue weighted by atomic mass is 16.5. The fraction of sp³-hybridized carbons (Fsp3) is 0.810. The van der Waals surface area contributed by atoms with Gasteiger partial charge in [0.05, 0.1) is 21.1 Å². The Kier molecular flexibility index (Phi) is 14.0. The molecule has 1 atom stereocenters. The second-order valence-electron chi connectivity index (χ2n) is 8.08. The molecule has 5 nitrogen and oxygen atoms in total. The van der Waals surface area contributed by atoms with Crippen LogP contribution in [0.1, 0.15) is 77.6 Å². The Labute approximate surface area is 160 Å². The maximum atomic E-state index is 11.9. The van der Waals surface area contributed by atoms with Crippen LogP contribution in [0.4, 0.5) is 0 Å². The van der Waals surface area contributed by atoms with Crippen molar-refractivity contribution in [3.05, 3.63) is 12.2 Å². The number of esters is 1. The maximum Gasteiger partial charge on any atom is 0.306 e. The molecule has 152 valence electrons. The van der Waals surface area contributed by atoms with Gasteiger partial charge in [0.25, 0.3) is 0 Å². The van der Waals surface area contributed by atoms with Gasteiger partial charge in [-0.2, -0.15) is 0 Å². The van der Waals surface area contributed by atoms with Crippen LogP contribution in [0.2, 0.25) is 0 Å². The molecule has 0 aliphatic heterocycles. The zero-order valence-corrected chi connectivity index (χ0v) is 17.3. The van der Waals surface area contributed by atoms with Gasteiger partial charge in [0.1, 0.15) is 6.54 Å². The molecule has 0 radical (unpaired) electrons. The molecular weight excluding hydrogens is 330 g/mol. The molecule has 0 amide bonds. The van der Waals surface area contributed by atoms with E-state index in [-0.39, 0.29) is 12.4 Å². The number of allylic oxidation sites excluding steroid dienone is 2. The predicted molar refractivity (Wildman–Crippen MR) is 103 cm³/mol. The number of carboxylic acid groups (broad SMARTS) is 1. The zero-order chi connectivity index (χ0) is 19.8. The van der Waals surface area contributed by atoms with E-state index < -0.39 is 12.1 Å². The first-order valence-electron chi connectivity index (χ1n) is 10.1. The summed E-state index contributed by atoms with van der Waals surface area (Å²) >= 11 is 0. The van der Waals surface area contributed by atoms with Crippen molar-refractivity contribution in [2.45, 2.75) is 83.7 Å². The number of carbonyl (C=O) groups is 2. The summed E-state index contributed by atoms with van der Waals surface area (Å²) in [7, 11) is 5.82. The van der Waals surface area contributed by atoms with Gasteiger partial charge in [-0.15, -0.1) is 0 Å². The number of aliphatic carboxylic acids is 1. The van der Waals surface area contributed by atoms with Crippen LogP contribution in [0, 0.1) is 0 Å². The molecule has 0 aromatic heterocycles. The lowest BCUT2D eigenvalue weighted by Gasteiger charge is -2.29. The summed E-state index contributed by atoms with van der Waals surface area (Å²) in [5, 5.41) is 10.8. The van der Waals surface area contributed by atoms with Crippen molar-refractivity contribution < 1.29 is 23.9 Å². The summed E-state index contributed by atoms with van der Waals surface area (Å²) in [6.45, 7) is 2.67. The monoisotopic (exact) mass is 369 g/mol. The third kappa shape index (κ3) is 17.5. The highest BCUT2D eigenvalue weighted by Gasteiger charge is 2.22. The average molecular weight is 370 g/mol. The maximum absolute atomic E-state index is 11.9. The lowest BCUT2D eigenvalue weighted by molar-refractivity contribution is -0.873. The zero-order valence-electron chi connectivity index (χ0n) is 17.3. The summed E-state index contributed by atoms with van der Waals surface area (Å²) in [6.07, 6.45) is 14.2. The van der Waals surface area contributed by atoms with E-state index in [0.29, 0.717) is 17.4 Å². The number of unbranched alkanes of at least 4 members (excludes halogenated alkanes) is 7. The molecule has 0 aliphatic carbocycles. The summed E-state index contributed by atoms with van der Waals surface area (Å²) in [5.74, 6) is -1.48. The molecule has 5 heteroatoms. The molecule has 1 unspecified atom stereocenters. The van der Waals surface area contributed by atoms with Crippen LogP contribution in [0.5, 0.6) is 0 Å². The summed E-state index contributed by atoms with van der Waals surface area (Å²) in [6, 6.07) is 0. The van der Waals surface area contributed by atoms with Gasteiger partial charge in [0.2, 0.25) is 0 Å². The molecule has 0 rings (SSSR count). The molecule has 0 N–H and O–H groups in total. The van der Waals surface area contributed by atoms with E-state index in [0.717, 1.165) is 25.7 Å². The van der Waals surface area contributed by atoms with E-state index in [1.807, 2.05) is 21.1 Å². The standard InChI is InChI=1S/C21H39NO4/c1-5-6-7-8-9-10-11-12-13-14-15-16-21(25)26-19(17-20(23)24)18-22(2,3)4/h8-9,19H,5-7,10-18H2,1-4H3. The largest absolute Gasteiger partial charge is 0.550 e. The molecule has 0 heterocycles. The smallest absolute Gasteiger partial charge is 0.306 e. The van der Waals surface area contributed by atoms with Gasteiger partial charge in [-0.05, 0) is 25.7 Å². The van der Waals surface area contributed by atoms with Crippen LogP contribution in [0.15, 0.2) is 12.2 Å². The van der Waals surface area contributed by atoms with Crippen LogP contribution >= 0.6 is 0 Å². The first-order valence-corrected chi connectivity index (χ1v) is 10.1. The van der Waals surface area contributed by atoms with Crippen molar-refractivity contribution in [1.82, 2.24) is 0 Å². The SMILES string of the molecule is CCCCC=CCCCCCCCC(=O)OC(CC(=O)[O-])C[N+](C)(C)C. The van der Waals surface area contributed by atoms with Crippen molar-refractivity contribution in [1.29, 1.82) is 0 Å². The molecule has 0 aliphatic rings. The van der Waals surface area contributed by atoms with Gasteiger partial charge < -0.3 is 19.1 Å². The minimum atomic E-state index is -1.18. The van der Waals surface area contributed by atoms with E-state index in [1.165, 1.54) is 32.1 Å². The second kappa shape index (κ2) is 14.8. The van der Waals surface area contributed by atoms with Crippen molar-refractivity contribution in [3.63, 3.8) is 0 Å². The van der Waals surface area contributed by atoms with E-state index in [1.54, 1.807) is 0 Å². The van der Waals surface area contributed by atoms with Gasteiger partial charge in [0, 0.05) is 18.8 Å². The molecule has 0 aromatic rings. The van der Waals surface area contributed by atoms with E-state index in [4.69, 9.17) is 4.74 Å². The minimum absolute atomic E-state index is 0.243. The van der Waals surface area contributed by atoms with Crippen molar-refractivity contribution in [2.75, 3.05) is 27.7 Å². The Balaban J connectivity index is 3.79. The Morgan fingerprint density at radius 3 is 2.12 bits per heavy atom. The lowest BCUT2D eigenvalue weighted by Crippen LogP contribution is -2.45. The van der Waals surface area contributed by atoms with Crippen LogP contribution < -0.4 is 5.11 Å². The number of hydrogen-bond donors (Lipinski definition) is 0. The molecular formula is C21H39NO4. The number of nitrogens with zero attached hydrogens (tertiary/aromatic N) is 1. The minimum Gasteiger partial charge on any atom is -0.550 e.